The fourth-order valence-corrected chi connectivity index (χ4v) is 1.32. The van der Waals surface area contributed by atoms with Crippen LogP contribution in [-0.2, 0) is 0 Å². The van der Waals surface area contributed by atoms with E-state index in [2.05, 4.69) is 4.99 Å². The van der Waals surface area contributed by atoms with E-state index in [1.807, 2.05) is 13.8 Å². The molecular weight excluding hydrogens is 255 g/mol. The summed E-state index contributed by atoms with van der Waals surface area (Å²) in [4.78, 5) is 15.2. The molecule has 1 rings (SSSR count). The third kappa shape index (κ3) is 5.50. The summed E-state index contributed by atoms with van der Waals surface area (Å²) in [6, 6.07) is 5.15. The van der Waals surface area contributed by atoms with Crippen LogP contribution >= 0.6 is 0 Å². The van der Waals surface area contributed by atoms with Gasteiger partial charge in [0.2, 0.25) is 0 Å². The Morgan fingerprint density at radius 1 is 1.26 bits per heavy atom. The van der Waals surface area contributed by atoms with Gasteiger partial charge in [-0.1, -0.05) is 12.1 Å². The van der Waals surface area contributed by atoms with Gasteiger partial charge in [-0.05, 0) is 43.2 Å². The quantitative estimate of drug-likeness (QED) is 0.762. The average Bonchev–Trinajstić information content (AvgIpc) is 2.30. The largest absolute Gasteiger partial charge is 0.392 e. The van der Waals surface area contributed by atoms with Crippen molar-refractivity contribution in [2.24, 2.45) is 4.99 Å². The standard InChI is InChI=1S/C14H14F3NO/c1-10-5-6-12(9-11(10)2)13(19)18-8-4-3-7-14(15,16)17/h3-6,8-9H,7H2,1-2H3/b4-3-,18-8?. The highest BCUT2D eigenvalue weighted by Crippen LogP contribution is 2.19. The number of rotatable bonds is 3. The lowest BCUT2D eigenvalue weighted by Crippen LogP contribution is -2.04. The molecule has 0 saturated carbocycles. The molecule has 1 aromatic carbocycles. The maximum atomic E-state index is 11.8. The molecule has 0 saturated heterocycles. The molecule has 0 N–H and O–H groups in total. The van der Waals surface area contributed by atoms with E-state index < -0.39 is 18.5 Å². The third-order valence-corrected chi connectivity index (χ3v) is 2.52. The molecule has 1 aromatic rings. The SMILES string of the molecule is Cc1ccc(C(=O)N=C/C=C\CC(F)(F)F)cc1C. The zero-order valence-corrected chi connectivity index (χ0v) is 10.7. The van der Waals surface area contributed by atoms with E-state index in [1.165, 1.54) is 0 Å². The topological polar surface area (TPSA) is 29.4 Å². The molecule has 0 aliphatic rings. The van der Waals surface area contributed by atoms with Gasteiger partial charge in [0.05, 0.1) is 6.42 Å². The van der Waals surface area contributed by atoms with E-state index in [4.69, 9.17) is 0 Å². The van der Waals surface area contributed by atoms with Gasteiger partial charge in [0.15, 0.2) is 0 Å². The summed E-state index contributed by atoms with van der Waals surface area (Å²) in [5.74, 6) is -0.472. The van der Waals surface area contributed by atoms with Crippen molar-refractivity contribution in [2.75, 3.05) is 0 Å². The number of benzene rings is 1. The van der Waals surface area contributed by atoms with E-state index in [9.17, 15) is 18.0 Å². The summed E-state index contributed by atoms with van der Waals surface area (Å²) in [5, 5.41) is 0. The third-order valence-electron chi connectivity index (χ3n) is 2.52. The number of aliphatic imine (C=N–C) groups is 1. The van der Waals surface area contributed by atoms with Crippen molar-refractivity contribution in [2.45, 2.75) is 26.4 Å². The number of hydrogen-bond donors (Lipinski definition) is 0. The van der Waals surface area contributed by atoms with E-state index in [1.54, 1.807) is 18.2 Å². The predicted octanol–water partition coefficient (Wildman–Crippen LogP) is 4.02. The van der Waals surface area contributed by atoms with Gasteiger partial charge in [-0.25, -0.2) is 4.99 Å². The second-order valence-electron chi connectivity index (χ2n) is 4.13. The van der Waals surface area contributed by atoms with E-state index in [-0.39, 0.29) is 0 Å². The predicted molar refractivity (Wildman–Crippen MR) is 68.6 cm³/mol. The molecule has 0 unspecified atom stereocenters. The molecule has 0 atom stereocenters. The van der Waals surface area contributed by atoms with Crippen LogP contribution in [0.25, 0.3) is 0 Å². The summed E-state index contributed by atoms with van der Waals surface area (Å²) in [6.45, 7) is 3.80. The van der Waals surface area contributed by atoms with E-state index >= 15 is 0 Å². The Labute approximate surface area is 109 Å². The molecule has 1 amide bonds. The van der Waals surface area contributed by atoms with Crippen LogP contribution in [0, 0.1) is 13.8 Å². The lowest BCUT2D eigenvalue weighted by Gasteiger charge is -2.01. The fourth-order valence-electron chi connectivity index (χ4n) is 1.32. The van der Waals surface area contributed by atoms with Crippen LogP contribution in [0.4, 0.5) is 13.2 Å². The molecule has 0 bridgehead atoms. The summed E-state index contributed by atoms with van der Waals surface area (Å²) in [7, 11) is 0. The van der Waals surface area contributed by atoms with Crippen LogP contribution in [-0.4, -0.2) is 18.3 Å². The lowest BCUT2D eigenvalue weighted by atomic mass is 10.1. The van der Waals surface area contributed by atoms with Crippen LogP contribution < -0.4 is 0 Å². The summed E-state index contributed by atoms with van der Waals surface area (Å²) < 4.78 is 35.5. The number of nitrogens with zero attached hydrogens (tertiary/aromatic N) is 1. The number of amides is 1. The first-order valence-electron chi connectivity index (χ1n) is 5.67. The molecule has 19 heavy (non-hydrogen) atoms. The van der Waals surface area contributed by atoms with Gasteiger partial charge in [0.25, 0.3) is 5.91 Å². The molecule has 0 aliphatic heterocycles. The van der Waals surface area contributed by atoms with Crippen LogP contribution in [0.15, 0.2) is 35.3 Å². The maximum absolute atomic E-state index is 11.8. The average molecular weight is 269 g/mol. The second-order valence-corrected chi connectivity index (χ2v) is 4.13. The Hall–Kier alpha value is -1.91. The van der Waals surface area contributed by atoms with Gasteiger partial charge < -0.3 is 0 Å². The zero-order valence-electron chi connectivity index (χ0n) is 10.7. The Bertz CT molecular complexity index is 516. The van der Waals surface area contributed by atoms with Crippen LogP contribution in [0.2, 0.25) is 0 Å². The van der Waals surface area contributed by atoms with Crippen molar-refractivity contribution in [3.8, 4) is 0 Å². The number of alkyl halides is 3. The molecule has 102 valence electrons. The molecule has 5 heteroatoms. The highest BCUT2D eigenvalue weighted by atomic mass is 19.4. The smallest absolute Gasteiger partial charge is 0.267 e. The summed E-state index contributed by atoms with van der Waals surface area (Å²) in [6.07, 6.45) is -2.16. The van der Waals surface area contributed by atoms with Crippen LogP contribution in [0.3, 0.4) is 0 Å². The number of aryl methyl sites for hydroxylation is 2. The number of carbonyl (C=O) groups is 1. The van der Waals surface area contributed by atoms with Crippen molar-refractivity contribution < 1.29 is 18.0 Å². The first-order valence-corrected chi connectivity index (χ1v) is 5.67. The molecule has 0 heterocycles. The molecular formula is C14H14F3NO. The summed E-state index contributed by atoms with van der Waals surface area (Å²) >= 11 is 0. The molecule has 0 spiro atoms. The minimum absolute atomic E-state index is 0.420. The van der Waals surface area contributed by atoms with Crippen LogP contribution in [0.1, 0.15) is 27.9 Å². The highest BCUT2D eigenvalue weighted by molar-refractivity contribution is 6.00. The van der Waals surface area contributed by atoms with Gasteiger partial charge in [-0.2, -0.15) is 13.2 Å². The van der Waals surface area contributed by atoms with Crippen molar-refractivity contribution in [1.29, 1.82) is 0 Å². The Kier molecular flexibility index (Phi) is 5.03. The van der Waals surface area contributed by atoms with Gasteiger partial charge >= 0.3 is 6.18 Å². The molecule has 0 aromatic heterocycles. The Morgan fingerprint density at radius 2 is 1.95 bits per heavy atom. The van der Waals surface area contributed by atoms with Gasteiger partial charge in [0, 0.05) is 11.8 Å². The normalized spacial score (nSPS) is 12.5. The van der Waals surface area contributed by atoms with Crippen molar-refractivity contribution in [3.05, 3.63) is 47.0 Å². The minimum atomic E-state index is -4.23. The first kappa shape index (κ1) is 15.1. The van der Waals surface area contributed by atoms with E-state index in [0.29, 0.717) is 5.56 Å². The van der Waals surface area contributed by atoms with Gasteiger partial charge in [0.1, 0.15) is 0 Å². The molecule has 2 nitrogen and oxygen atoms in total. The van der Waals surface area contributed by atoms with Crippen molar-refractivity contribution >= 4 is 12.1 Å². The number of hydrogen-bond acceptors (Lipinski definition) is 1. The Morgan fingerprint density at radius 3 is 2.53 bits per heavy atom. The molecule has 0 fully saturated rings. The number of carbonyl (C=O) groups excluding carboxylic acids is 1. The van der Waals surface area contributed by atoms with Crippen molar-refractivity contribution in [3.63, 3.8) is 0 Å². The summed E-state index contributed by atoms with van der Waals surface area (Å²) in [5.41, 5.74) is 2.45. The van der Waals surface area contributed by atoms with Gasteiger partial charge in [-0.15, -0.1) is 0 Å². The fraction of sp³-hybridized carbons (Fsp3) is 0.286. The van der Waals surface area contributed by atoms with Crippen LogP contribution in [0.5, 0.6) is 0 Å². The highest BCUT2D eigenvalue weighted by Gasteiger charge is 2.24. The minimum Gasteiger partial charge on any atom is -0.267 e. The van der Waals surface area contributed by atoms with Crippen molar-refractivity contribution in [1.82, 2.24) is 0 Å². The monoisotopic (exact) mass is 269 g/mol. The number of allylic oxidation sites excluding steroid dienone is 2. The second kappa shape index (κ2) is 6.31. The molecule has 0 radical (unpaired) electrons. The number of halogens is 3. The van der Waals surface area contributed by atoms with Gasteiger partial charge in [-0.3, -0.25) is 4.79 Å². The first-order chi connectivity index (χ1) is 8.79. The zero-order chi connectivity index (χ0) is 14.5. The Balaban J connectivity index is 2.62. The lowest BCUT2D eigenvalue weighted by molar-refractivity contribution is -0.124. The maximum Gasteiger partial charge on any atom is 0.392 e. The van der Waals surface area contributed by atoms with E-state index in [0.717, 1.165) is 29.5 Å². The molecule has 0 aliphatic carbocycles.